The van der Waals surface area contributed by atoms with Crippen molar-refractivity contribution in [2.45, 2.75) is 13.8 Å². The highest BCUT2D eigenvalue weighted by Gasteiger charge is 2.19. The van der Waals surface area contributed by atoms with Gasteiger partial charge in [-0.15, -0.1) is 5.10 Å². The van der Waals surface area contributed by atoms with Gasteiger partial charge in [-0.05, 0) is 36.8 Å². The van der Waals surface area contributed by atoms with Crippen molar-refractivity contribution < 1.29 is 9.59 Å². The summed E-state index contributed by atoms with van der Waals surface area (Å²) in [5, 5.41) is 10.0. The van der Waals surface area contributed by atoms with Gasteiger partial charge in [0, 0.05) is 23.9 Å². The van der Waals surface area contributed by atoms with E-state index in [0.717, 1.165) is 16.8 Å². The van der Waals surface area contributed by atoms with Crippen molar-refractivity contribution in [3.8, 4) is 17.1 Å². The van der Waals surface area contributed by atoms with Gasteiger partial charge in [-0.3, -0.25) is 9.59 Å². The summed E-state index contributed by atoms with van der Waals surface area (Å²) >= 11 is 0. The van der Waals surface area contributed by atoms with E-state index in [1.165, 1.54) is 6.92 Å². The third-order valence-corrected chi connectivity index (χ3v) is 4.65. The van der Waals surface area contributed by atoms with Crippen molar-refractivity contribution in [3.63, 3.8) is 0 Å². The predicted octanol–water partition coefficient (Wildman–Crippen LogP) is 4.45. The van der Waals surface area contributed by atoms with Gasteiger partial charge in [-0.25, -0.2) is 9.67 Å². The number of carbonyl (C=O) groups excluding carboxylic acids is 2. The topological polar surface area (TPSA) is 88.9 Å². The maximum Gasteiger partial charge on any atom is 0.295 e. The Morgan fingerprint density at radius 3 is 2.23 bits per heavy atom. The van der Waals surface area contributed by atoms with E-state index >= 15 is 0 Å². The fourth-order valence-corrected chi connectivity index (χ4v) is 3.15. The highest BCUT2D eigenvalue weighted by atomic mass is 16.2. The van der Waals surface area contributed by atoms with Crippen LogP contribution in [0.4, 0.5) is 11.4 Å². The minimum absolute atomic E-state index is 0.0482. The molecular formula is C24H21N5O2. The molecule has 4 rings (SSSR count). The van der Waals surface area contributed by atoms with Crippen LogP contribution in [0.25, 0.3) is 17.1 Å². The number of carbonyl (C=O) groups is 2. The molecule has 0 saturated heterocycles. The summed E-state index contributed by atoms with van der Waals surface area (Å²) in [6.45, 7) is 3.31. The van der Waals surface area contributed by atoms with Crippen molar-refractivity contribution in [1.29, 1.82) is 0 Å². The number of aromatic nitrogens is 3. The molecule has 31 heavy (non-hydrogen) atoms. The van der Waals surface area contributed by atoms with Crippen molar-refractivity contribution in [2.75, 3.05) is 10.6 Å². The monoisotopic (exact) mass is 411 g/mol. The Morgan fingerprint density at radius 1 is 0.871 bits per heavy atom. The van der Waals surface area contributed by atoms with Gasteiger partial charge in [0.2, 0.25) is 11.7 Å². The number of aryl methyl sites for hydroxylation is 1. The van der Waals surface area contributed by atoms with E-state index in [9.17, 15) is 9.59 Å². The maximum absolute atomic E-state index is 13.0. The molecule has 0 aliphatic carbocycles. The number of nitrogens with zero attached hydrogens (tertiary/aromatic N) is 3. The smallest absolute Gasteiger partial charge is 0.295 e. The predicted molar refractivity (Wildman–Crippen MR) is 120 cm³/mol. The van der Waals surface area contributed by atoms with Crippen LogP contribution in [0.5, 0.6) is 0 Å². The summed E-state index contributed by atoms with van der Waals surface area (Å²) in [5.74, 6) is -0.000421. The maximum atomic E-state index is 13.0. The fraction of sp³-hybridized carbons (Fsp3) is 0.0833. The summed E-state index contributed by atoms with van der Waals surface area (Å²) in [6.07, 6.45) is 0. The second-order valence-corrected chi connectivity index (χ2v) is 7.04. The van der Waals surface area contributed by atoms with Crippen LogP contribution in [0, 0.1) is 6.92 Å². The van der Waals surface area contributed by atoms with Crippen LogP contribution in [0.15, 0.2) is 78.9 Å². The molecular weight excluding hydrogens is 390 g/mol. The third-order valence-electron chi connectivity index (χ3n) is 4.65. The van der Waals surface area contributed by atoms with Crippen molar-refractivity contribution in [2.24, 2.45) is 0 Å². The molecule has 0 radical (unpaired) electrons. The second kappa shape index (κ2) is 8.62. The Labute approximate surface area is 179 Å². The quantitative estimate of drug-likeness (QED) is 0.508. The molecule has 0 atom stereocenters. The van der Waals surface area contributed by atoms with Crippen molar-refractivity contribution in [1.82, 2.24) is 14.8 Å². The Bertz CT molecular complexity index is 1180. The number of amides is 2. The Hall–Kier alpha value is -4.26. The zero-order valence-corrected chi connectivity index (χ0v) is 17.2. The largest absolute Gasteiger partial charge is 0.326 e. The summed E-state index contributed by atoms with van der Waals surface area (Å²) in [6, 6.07) is 24.4. The number of hydrogen-bond donors (Lipinski definition) is 2. The summed E-state index contributed by atoms with van der Waals surface area (Å²) < 4.78 is 1.66. The highest BCUT2D eigenvalue weighted by Crippen LogP contribution is 2.23. The first kappa shape index (κ1) is 20.0. The first-order valence-corrected chi connectivity index (χ1v) is 9.79. The van der Waals surface area contributed by atoms with E-state index in [1.807, 2.05) is 73.7 Å². The van der Waals surface area contributed by atoms with Gasteiger partial charge in [0.1, 0.15) is 0 Å². The van der Waals surface area contributed by atoms with E-state index in [-0.39, 0.29) is 11.7 Å². The van der Waals surface area contributed by atoms with Gasteiger partial charge >= 0.3 is 0 Å². The fourth-order valence-electron chi connectivity index (χ4n) is 3.15. The summed E-state index contributed by atoms with van der Waals surface area (Å²) in [7, 11) is 0. The van der Waals surface area contributed by atoms with Crippen LogP contribution in [-0.2, 0) is 4.79 Å². The molecule has 0 fully saturated rings. The van der Waals surface area contributed by atoms with E-state index < -0.39 is 5.91 Å². The molecule has 2 amide bonds. The highest BCUT2D eigenvalue weighted by molar-refractivity contribution is 6.03. The van der Waals surface area contributed by atoms with Crippen LogP contribution in [-0.4, -0.2) is 26.6 Å². The molecule has 7 nitrogen and oxygen atoms in total. The molecule has 1 aromatic heterocycles. The molecule has 0 aliphatic heterocycles. The molecule has 0 spiro atoms. The number of nitrogens with one attached hydrogen (secondary N) is 2. The van der Waals surface area contributed by atoms with Gasteiger partial charge in [0.25, 0.3) is 5.91 Å². The standard InChI is InChI=1S/C24H21N5O2/c1-16-13-14-19(25-17(2)30)15-21(16)26-24(31)22-27-23(18-9-5-3-6-10-18)29(28-22)20-11-7-4-8-12-20/h3-15H,1-2H3,(H,25,30)(H,26,31). The van der Waals surface area contributed by atoms with Crippen LogP contribution in [0.2, 0.25) is 0 Å². The number of rotatable bonds is 5. The lowest BCUT2D eigenvalue weighted by molar-refractivity contribution is -0.114. The van der Waals surface area contributed by atoms with E-state index in [0.29, 0.717) is 17.2 Å². The number of benzene rings is 3. The van der Waals surface area contributed by atoms with Crippen molar-refractivity contribution >= 4 is 23.2 Å². The van der Waals surface area contributed by atoms with Crippen LogP contribution in [0.3, 0.4) is 0 Å². The van der Waals surface area contributed by atoms with E-state index in [4.69, 9.17) is 0 Å². The zero-order valence-electron chi connectivity index (χ0n) is 17.2. The summed E-state index contributed by atoms with van der Waals surface area (Å²) in [4.78, 5) is 28.9. The van der Waals surface area contributed by atoms with E-state index in [2.05, 4.69) is 20.7 Å². The molecule has 0 unspecified atom stereocenters. The van der Waals surface area contributed by atoms with Crippen LogP contribution < -0.4 is 10.6 Å². The first-order chi connectivity index (χ1) is 15.0. The summed E-state index contributed by atoms with van der Waals surface area (Å²) in [5.41, 5.74) is 3.68. The van der Waals surface area contributed by atoms with Gasteiger partial charge < -0.3 is 10.6 Å². The molecule has 3 aromatic carbocycles. The zero-order chi connectivity index (χ0) is 21.8. The lowest BCUT2D eigenvalue weighted by atomic mass is 10.1. The van der Waals surface area contributed by atoms with Crippen LogP contribution >= 0.6 is 0 Å². The normalized spacial score (nSPS) is 10.5. The Morgan fingerprint density at radius 2 is 1.55 bits per heavy atom. The van der Waals surface area contributed by atoms with E-state index in [1.54, 1.807) is 16.8 Å². The number of hydrogen-bond acceptors (Lipinski definition) is 4. The minimum atomic E-state index is -0.435. The molecule has 4 aromatic rings. The number of para-hydroxylation sites is 1. The minimum Gasteiger partial charge on any atom is -0.326 e. The van der Waals surface area contributed by atoms with Gasteiger partial charge in [-0.1, -0.05) is 54.6 Å². The molecule has 0 bridgehead atoms. The molecule has 1 heterocycles. The molecule has 0 saturated carbocycles. The molecule has 0 aliphatic rings. The number of anilines is 2. The first-order valence-electron chi connectivity index (χ1n) is 9.79. The molecule has 154 valence electrons. The average molecular weight is 411 g/mol. The molecule has 7 heteroatoms. The third kappa shape index (κ3) is 4.51. The lowest BCUT2D eigenvalue weighted by Crippen LogP contribution is -2.15. The van der Waals surface area contributed by atoms with Gasteiger partial charge in [0.15, 0.2) is 5.82 Å². The second-order valence-electron chi connectivity index (χ2n) is 7.04. The van der Waals surface area contributed by atoms with Crippen molar-refractivity contribution in [3.05, 3.63) is 90.3 Å². The molecule has 2 N–H and O–H groups in total. The van der Waals surface area contributed by atoms with Crippen LogP contribution in [0.1, 0.15) is 23.1 Å². The lowest BCUT2D eigenvalue weighted by Gasteiger charge is -2.09. The average Bonchev–Trinajstić information content (AvgIpc) is 3.23. The Kier molecular flexibility index (Phi) is 5.57. The van der Waals surface area contributed by atoms with Gasteiger partial charge in [-0.2, -0.15) is 0 Å². The van der Waals surface area contributed by atoms with Gasteiger partial charge in [0.05, 0.1) is 5.69 Å². The Balaban J connectivity index is 1.70. The SMILES string of the molecule is CC(=O)Nc1ccc(C)c(NC(=O)c2nc(-c3ccccc3)n(-c3ccccc3)n2)c1.